The van der Waals surface area contributed by atoms with E-state index in [-0.39, 0.29) is 12.2 Å². The van der Waals surface area contributed by atoms with Crippen LogP contribution < -0.4 is 0 Å². The Morgan fingerprint density at radius 3 is 2.50 bits per heavy atom. The van der Waals surface area contributed by atoms with Crippen molar-refractivity contribution in [3.05, 3.63) is 65.6 Å². The lowest BCUT2D eigenvalue weighted by molar-refractivity contribution is -0.137. The number of ether oxygens (including phenoxy) is 1. The molecule has 7 heteroatoms. The second kappa shape index (κ2) is 5.99. The normalized spacial score (nSPS) is 11.7. The Kier molecular flexibility index (Phi) is 4.01. The standard InChI is InChI=1S/C17H13F3N2O2/c1-24-16(23)15-8-12-2-3-13(17(18,19)20)9-14(12)22(15)10-11-4-6-21-7-5-11/h2-9H,10H2,1H3. The van der Waals surface area contributed by atoms with E-state index in [4.69, 9.17) is 4.74 Å². The van der Waals surface area contributed by atoms with E-state index in [1.807, 2.05) is 0 Å². The minimum Gasteiger partial charge on any atom is -0.464 e. The van der Waals surface area contributed by atoms with Gasteiger partial charge in [0.1, 0.15) is 5.69 Å². The number of rotatable bonds is 3. The van der Waals surface area contributed by atoms with Crippen molar-refractivity contribution in [2.24, 2.45) is 0 Å². The second-order valence-electron chi connectivity index (χ2n) is 5.23. The first-order chi connectivity index (χ1) is 11.4. The zero-order chi connectivity index (χ0) is 17.3. The van der Waals surface area contributed by atoms with Gasteiger partial charge >= 0.3 is 12.1 Å². The number of carbonyl (C=O) groups excluding carboxylic acids is 1. The lowest BCUT2D eigenvalue weighted by Crippen LogP contribution is -2.12. The van der Waals surface area contributed by atoms with E-state index in [1.54, 1.807) is 24.5 Å². The van der Waals surface area contributed by atoms with Gasteiger partial charge in [0.05, 0.1) is 12.7 Å². The fourth-order valence-electron chi connectivity index (χ4n) is 2.55. The molecule has 24 heavy (non-hydrogen) atoms. The number of nitrogens with zero attached hydrogens (tertiary/aromatic N) is 2. The number of fused-ring (bicyclic) bond motifs is 1. The molecule has 0 amide bonds. The van der Waals surface area contributed by atoms with Gasteiger partial charge in [0.2, 0.25) is 0 Å². The van der Waals surface area contributed by atoms with Crippen LogP contribution in [-0.4, -0.2) is 22.6 Å². The molecule has 0 aliphatic heterocycles. The van der Waals surface area contributed by atoms with Crippen molar-refractivity contribution in [2.45, 2.75) is 12.7 Å². The Morgan fingerprint density at radius 2 is 1.88 bits per heavy atom. The largest absolute Gasteiger partial charge is 0.464 e. The molecule has 1 aromatic carbocycles. The van der Waals surface area contributed by atoms with Crippen LogP contribution in [0, 0.1) is 0 Å². The van der Waals surface area contributed by atoms with E-state index in [2.05, 4.69) is 4.98 Å². The molecule has 2 aromatic heterocycles. The predicted octanol–water partition coefficient (Wildman–Crippen LogP) is 3.89. The highest BCUT2D eigenvalue weighted by Crippen LogP contribution is 2.32. The number of benzene rings is 1. The Bertz CT molecular complexity index is 886. The van der Waals surface area contributed by atoms with E-state index < -0.39 is 17.7 Å². The van der Waals surface area contributed by atoms with Gasteiger partial charge in [-0.3, -0.25) is 4.98 Å². The third-order valence-corrected chi connectivity index (χ3v) is 3.72. The number of aromatic nitrogens is 2. The maximum absolute atomic E-state index is 13.0. The number of hydrogen-bond donors (Lipinski definition) is 0. The quantitative estimate of drug-likeness (QED) is 0.683. The molecule has 2 heterocycles. The molecule has 124 valence electrons. The van der Waals surface area contributed by atoms with Crippen molar-refractivity contribution in [3.8, 4) is 0 Å². The van der Waals surface area contributed by atoms with Crippen molar-refractivity contribution in [1.82, 2.24) is 9.55 Å². The first kappa shape index (κ1) is 16.0. The van der Waals surface area contributed by atoms with Crippen LogP contribution in [0.15, 0.2) is 48.8 Å². The number of hydrogen-bond acceptors (Lipinski definition) is 3. The maximum Gasteiger partial charge on any atom is 0.416 e. The molecule has 0 saturated heterocycles. The first-order valence-corrected chi connectivity index (χ1v) is 7.08. The summed E-state index contributed by atoms with van der Waals surface area (Å²) in [6.45, 7) is 0.234. The number of esters is 1. The summed E-state index contributed by atoms with van der Waals surface area (Å²) in [7, 11) is 1.23. The smallest absolute Gasteiger partial charge is 0.416 e. The van der Waals surface area contributed by atoms with Crippen LogP contribution >= 0.6 is 0 Å². The van der Waals surface area contributed by atoms with E-state index >= 15 is 0 Å². The number of halogens is 3. The van der Waals surface area contributed by atoms with Gasteiger partial charge in [0.15, 0.2) is 0 Å². The summed E-state index contributed by atoms with van der Waals surface area (Å²) in [5, 5.41) is 0.539. The Labute approximate surface area is 135 Å². The summed E-state index contributed by atoms with van der Waals surface area (Å²) in [5.41, 5.74) is 0.566. The van der Waals surface area contributed by atoms with Crippen molar-refractivity contribution >= 4 is 16.9 Å². The van der Waals surface area contributed by atoms with Gasteiger partial charge in [-0.1, -0.05) is 6.07 Å². The van der Waals surface area contributed by atoms with Crippen molar-refractivity contribution in [2.75, 3.05) is 7.11 Å². The van der Waals surface area contributed by atoms with Gasteiger partial charge in [-0.25, -0.2) is 4.79 Å². The molecule has 0 spiro atoms. The molecule has 0 atom stereocenters. The molecule has 0 radical (unpaired) electrons. The highest BCUT2D eigenvalue weighted by Gasteiger charge is 2.31. The fourth-order valence-corrected chi connectivity index (χ4v) is 2.55. The summed E-state index contributed by atoms with van der Waals surface area (Å²) in [5.74, 6) is -0.603. The average molecular weight is 334 g/mol. The molecule has 3 aromatic rings. The van der Waals surface area contributed by atoms with Crippen molar-refractivity contribution in [1.29, 1.82) is 0 Å². The first-order valence-electron chi connectivity index (χ1n) is 7.08. The number of carbonyl (C=O) groups is 1. The monoisotopic (exact) mass is 334 g/mol. The Hall–Kier alpha value is -2.83. The summed E-state index contributed by atoms with van der Waals surface area (Å²) >= 11 is 0. The van der Waals surface area contributed by atoms with Crippen LogP contribution in [0.3, 0.4) is 0 Å². The Balaban J connectivity index is 2.19. The zero-order valence-electron chi connectivity index (χ0n) is 12.7. The van der Waals surface area contributed by atoms with Gasteiger partial charge in [0, 0.05) is 29.8 Å². The number of pyridine rings is 1. The molecule has 0 aliphatic rings. The summed E-state index contributed by atoms with van der Waals surface area (Å²) in [6, 6.07) is 8.40. The van der Waals surface area contributed by atoms with Crippen LogP contribution in [-0.2, 0) is 17.5 Å². The van der Waals surface area contributed by atoms with Crippen LogP contribution in [0.25, 0.3) is 10.9 Å². The third kappa shape index (κ3) is 2.97. The summed E-state index contributed by atoms with van der Waals surface area (Å²) in [6.07, 6.45) is -1.29. The highest BCUT2D eigenvalue weighted by atomic mass is 19.4. The second-order valence-corrected chi connectivity index (χ2v) is 5.23. The SMILES string of the molecule is COC(=O)c1cc2ccc(C(F)(F)F)cc2n1Cc1ccncc1. The van der Waals surface area contributed by atoms with Crippen LogP contribution in [0.1, 0.15) is 21.6 Å². The van der Waals surface area contributed by atoms with E-state index in [1.165, 1.54) is 23.8 Å². The molecule has 0 aliphatic carbocycles. The average Bonchev–Trinajstić information content (AvgIpc) is 2.92. The van der Waals surface area contributed by atoms with E-state index in [9.17, 15) is 18.0 Å². The van der Waals surface area contributed by atoms with Crippen LogP contribution in [0.5, 0.6) is 0 Å². The zero-order valence-corrected chi connectivity index (χ0v) is 12.7. The molecule has 3 rings (SSSR count). The van der Waals surface area contributed by atoms with Crippen LogP contribution in [0.4, 0.5) is 13.2 Å². The van der Waals surface area contributed by atoms with Crippen molar-refractivity contribution < 1.29 is 22.7 Å². The number of alkyl halides is 3. The molecule has 0 bridgehead atoms. The lowest BCUT2D eigenvalue weighted by atomic mass is 10.1. The maximum atomic E-state index is 13.0. The molecule has 0 saturated carbocycles. The lowest BCUT2D eigenvalue weighted by Gasteiger charge is -2.11. The van der Waals surface area contributed by atoms with Gasteiger partial charge in [0.25, 0.3) is 0 Å². The topological polar surface area (TPSA) is 44.1 Å². The van der Waals surface area contributed by atoms with Crippen molar-refractivity contribution in [3.63, 3.8) is 0 Å². The van der Waals surface area contributed by atoms with Crippen LogP contribution in [0.2, 0.25) is 0 Å². The molecule has 0 fully saturated rings. The van der Waals surface area contributed by atoms with Gasteiger partial charge in [-0.05, 0) is 35.9 Å². The van der Waals surface area contributed by atoms with E-state index in [0.29, 0.717) is 10.9 Å². The number of methoxy groups -OCH3 is 1. The molecule has 0 N–H and O–H groups in total. The third-order valence-electron chi connectivity index (χ3n) is 3.72. The Morgan fingerprint density at radius 1 is 1.17 bits per heavy atom. The molecular weight excluding hydrogens is 321 g/mol. The summed E-state index contributed by atoms with van der Waals surface area (Å²) in [4.78, 5) is 15.9. The minimum absolute atomic E-state index is 0.198. The molecule has 4 nitrogen and oxygen atoms in total. The van der Waals surface area contributed by atoms with E-state index in [0.717, 1.165) is 17.7 Å². The molecular formula is C17H13F3N2O2. The fraction of sp³-hybridized carbons (Fsp3) is 0.176. The van der Waals surface area contributed by atoms with Gasteiger partial charge in [-0.15, -0.1) is 0 Å². The molecule has 0 unspecified atom stereocenters. The van der Waals surface area contributed by atoms with Gasteiger partial charge in [-0.2, -0.15) is 13.2 Å². The predicted molar refractivity (Wildman–Crippen MR) is 81.6 cm³/mol. The highest BCUT2D eigenvalue weighted by molar-refractivity contribution is 5.96. The van der Waals surface area contributed by atoms with Gasteiger partial charge < -0.3 is 9.30 Å². The minimum atomic E-state index is -4.45. The summed E-state index contributed by atoms with van der Waals surface area (Å²) < 4.78 is 45.3.